The Morgan fingerprint density at radius 3 is 2.34 bits per heavy atom. The average molecular weight is 436 g/mol. The number of nitrogens with zero attached hydrogens (tertiary/aromatic N) is 1. The molecule has 1 atom stereocenters. The summed E-state index contributed by atoms with van der Waals surface area (Å²) in [6, 6.07) is 15.8. The van der Waals surface area contributed by atoms with Gasteiger partial charge < -0.3 is 19.1 Å². The van der Waals surface area contributed by atoms with E-state index in [2.05, 4.69) is 17.9 Å². The molecule has 0 amide bonds. The molecule has 0 N–H and O–H groups in total. The van der Waals surface area contributed by atoms with Gasteiger partial charge in [0.15, 0.2) is 5.79 Å². The highest BCUT2D eigenvalue weighted by Crippen LogP contribution is 2.54. The van der Waals surface area contributed by atoms with Gasteiger partial charge in [-0.15, -0.1) is 0 Å². The summed E-state index contributed by atoms with van der Waals surface area (Å²) in [6.07, 6.45) is 5.09. The van der Waals surface area contributed by atoms with Crippen molar-refractivity contribution < 1.29 is 19.0 Å². The highest BCUT2D eigenvalue weighted by Gasteiger charge is 2.46. The van der Waals surface area contributed by atoms with Crippen molar-refractivity contribution in [3.63, 3.8) is 0 Å². The Kier molecular flexibility index (Phi) is 5.30. The van der Waals surface area contributed by atoms with Gasteiger partial charge in [-0.05, 0) is 75.1 Å². The van der Waals surface area contributed by atoms with E-state index in [0.29, 0.717) is 17.6 Å². The predicted octanol–water partition coefficient (Wildman–Crippen LogP) is 5.42. The lowest BCUT2D eigenvalue weighted by molar-refractivity contribution is -0.159. The maximum Gasteiger partial charge on any atom is 0.340 e. The third-order valence-electron chi connectivity index (χ3n) is 7.33. The molecule has 3 aliphatic rings. The Morgan fingerprint density at radius 2 is 1.72 bits per heavy atom. The van der Waals surface area contributed by atoms with E-state index in [0.717, 1.165) is 29.9 Å². The summed E-state index contributed by atoms with van der Waals surface area (Å²) in [4.78, 5) is 15.5. The number of esters is 1. The molecule has 0 aromatic heterocycles. The fourth-order valence-corrected chi connectivity index (χ4v) is 5.05. The average Bonchev–Trinajstić information content (AvgIpc) is 3.48. The van der Waals surface area contributed by atoms with Crippen LogP contribution >= 0.6 is 0 Å². The highest BCUT2D eigenvalue weighted by atomic mass is 16.8. The van der Waals surface area contributed by atoms with Gasteiger partial charge in [0.1, 0.15) is 12.2 Å². The Hall–Kier alpha value is -2.37. The number of carbonyl (C=O) groups is 1. The zero-order chi connectivity index (χ0) is 22.4. The van der Waals surface area contributed by atoms with Crippen LogP contribution < -0.4 is 4.90 Å². The quantitative estimate of drug-likeness (QED) is 0.587. The second kappa shape index (κ2) is 7.89. The number of ether oxygens (including phenoxy) is 3. The third kappa shape index (κ3) is 4.28. The summed E-state index contributed by atoms with van der Waals surface area (Å²) >= 11 is 0. The second-order valence-electron chi connectivity index (χ2n) is 10.3. The molecule has 5 rings (SSSR count). The summed E-state index contributed by atoms with van der Waals surface area (Å²) in [5, 5.41) is 0. The van der Waals surface area contributed by atoms with Gasteiger partial charge >= 0.3 is 5.97 Å². The van der Waals surface area contributed by atoms with E-state index in [1.807, 2.05) is 56.3 Å². The molecular formula is C27H33NO4. The first kappa shape index (κ1) is 21.5. The third-order valence-corrected chi connectivity index (χ3v) is 7.33. The van der Waals surface area contributed by atoms with Gasteiger partial charge in [0.25, 0.3) is 0 Å². The van der Waals surface area contributed by atoms with Crippen LogP contribution in [0.1, 0.15) is 67.9 Å². The van der Waals surface area contributed by atoms with Crippen molar-refractivity contribution in [3.8, 4) is 0 Å². The molecule has 1 unspecified atom stereocenters. The van der Waals surface area contributed by atoms with E-state index >= 15 is 0 Å². The Labute approximate surface area is 190 Å². The minimum Gasteiger partial charge on any atom is -0.457 e. The molecule has 0 bridgehead atoms. The van der Waals surface area contributed by atoms with Gasteiger partial charge in [0.2, 0.25) is 0 Å². The molecule has 3 fully saturated rings. The number of anilines is 1. The lowest BCUT2D eigenvalue weighted by Crippen LogP contribution is -2.36. The molecule has 2 aromatic carbocycles. The second-order valence-corrected chi connectivity index (χ2v) is 10.3. The number of hydrogen-bond donors (Lipinski definition) is 0. The van der Waals surface area contributed by atoms with Gasteiger partial charge in [-0.1, -0.05) is 36.4 Å². The smallest absolute Gasteiger partial charge is 0.340 e. The lowest BCUT2D eigenvalue weighted by atomic mass is 9.91. The zero-order valence-electron chi connectivity index (χ0n) is 19.4. The fraction of sp³-hybridized carbons (Fsp3) is 0.519. The van der Waals surface area contributed by atoms with Crippen molar-refractivity contribution in [3.05, 3.63) is 65.2 Å². The summed E-state index contributed by atoms with van der Waals surface area (Å²) in [6.45, 7) is 8.64. The van der Waals surface area contributed by atoms with Crippen LogP contribution in [-0.4, -0.2) is 31.5 Å². The van der Waals surface area contributed by atoms with E-state index < -0.39 is 11.4 Å². The van der Waals surface area contributed by atoms with Gasteiger partial charge in [0, 0.05) is 13.1 Å². The predicted molar refractivity (Wildman–Crippen MR) is 124 cm³/mol. The van der Waals surface area contributed by atoms with Crippen LogP contribution in [0.15, 0.2) is 48.5 Å². The molecule has 2 saturated heterocycles. The van der Waals surface area contributed by atoms with Crippen molar-refractivity contribution in [2.24, 2.45) is 5.41 Å². The van der Waals surface area contributed by atoms with E-state index in [-0.39, 0.29) is 12.6 Å². The summed E-state index contributed by atoms with van der Waals surface area (Å²) in [7, 11) is 0. The molecule has 2 aromatic rings. The zero-order valence-corrected chi connectivity index (χ0v) is 19.4. The van der Waals surface area contributed by atoms with Crippen LogP contribution in [0, 0.1) is 5.41 Å². The molecule has 1 aliphatic carbocycles. The Bertz CT molecular complexity index is 988. The first-order valence-corrected chi connectivity index (χ1v) is 11.7. The largest absolute Gasteiger partial charge is 0.457 e. The molecule has 0 radical (unpaired) electrons. The summed E-state index contributed by atoms with van der Waals surface area (Å²) < 4.78 is 17.8. The normalized spacial score (nSPS) is 25.7. The minimum atomic E-state index is -0.619. The molecule has 2 heterocycles. The fourth-order valence-electron chi connectivity index (χ4n) is 5.05. The Balaban J connectivity index is 1.42. The SMILES string of the molecule is CC1(C)OCC(C)(c2ccc(C(=O)OCc3ccccc3)c(N3CCC4(CC3)CC4)c2)O1. The van der Waals surface area contributed by atoms with Crippen molar-refractivity contribution >= 4 is 11.7 Å². The number of carbonyl (C=O) groups excluding carboxylic acids is 1. The number of piperidine rings is 1. The van der Waals surface area contributed by atoms with Crippen LogP contribution in [0.4, 0.5) is 5.69 Å². The van der Waals surface area contributed by atoms with Crippen LogP contribution in [0.2, 0.25) is 0 Å². The maximum atomic E-state index is 13.1. The van der Waals surface area contributed by atoms with Gasteiger partial charge in [-0.2, -0.15) is 0 Å². The first-order valence-electron chi connectivity index (χ1n) is 11.7. The van der Waals surface area contributed by atoms with Crippen LogP contribution in [0.3, 0.4) is 0 Å². The number of hydrogen-bond acceptors (Lipinski definition) is 5. The summed E-state index contributed by atoms with van der Waals surface area (Å²) in [5.41, 5.74) is 3.62. The molecular weight excluding hydrogens is 402 g/mol. The van der Waals surface area contributed by atoms with E-state index in [4.69, 9.17) is 14.2 Å². The molecule has 5 nitrogen and oxygen atoms in total. The maximum absolute atomic E-state index is 13.1. The van der Waals surface area contributed by atoms with Gasteiger partial charge in [0.05, 0.1) is 17.9 Å². The van der Waals surface area contributed by atoms with E-state index in [9.17, 15) is 4.79 Å². The molecule has 2 aliphatic heterocycles. The van der Waals surface area contributed by atoms with Crippen molar-refractivity contribution in [1.29, 1.82) is 0 Å². The number of benzene rings is 2. The highest BCUT2D eigenvalue weighted by molar-refractivity contribution is 5.96. The minimum absolute atomic E-state index is 0.271. The molecule has 1 spiro atoms. The van der Waals surface area contributed by atoms with E-state index in [1.54, 1.807) is 0 Å². The van der Waals surface area contributed by atoms with Crippen LogP contribution in [0.5, 0.6) is 0 Å². The summed E-state index contributed by atoms with van der Waals surface area (Å²) in [5.74, 6) is -0.901. The Morgan fingerprint density at radius 1 is 1.00 bits per heavy atom. The van der Waals surface area contributed by atoms with Crippen molar-refractivity contribution in [2.75, 3.05) is 24.6 Å². The van der Waals surface area contributed by atoms with Crippen molar-refractivity contribution in [1.82, 2.24) is 0 Å². The van der Waals surface area contributed by atoms with Crippen molar-refractivity contribution in [2.45, 2.75) is 64.4 Å². The lowest BCUT2D eigenvalue weighted by Gasteiger charge is -2.36. The number of rotatable bonds is 5. The van der Waals surface area contributed by atoms with Crippen LogP contribution in [0.25, 0.3) is 0 Å². The first-order chi connectivity index (χ1) is 15.3. The molecule has 170 valence electrons. The molecule has 32 heavy (non-hydrogen) atoms. The topological polar surface area (TPSA) is 48.0 Å². The van der Waals surface area contributed by atoms with Crippen LogP contribution in [-0.2, 0) is 26.4 Å². The molecule has 5 heteroatoms. The van der Waals surface area contributed by atoms with Gasteiger partial charge in [-0.3, -0.25) is 0 Å². The standard InChI is InChI=1S/C27H33NO4/c1-25(2)31-19-26(3,32-25)21-9-10-22(24(29)30-18-20-7-5-4-6-8-20)23(17-21)28-15-13-27(11-12-27)14-16-28/h4-10,17H,11-16,18-19H2,1-3H3. The van der Waals surface area contributed by atoms with Gasteiger partial charge in [-0.25, -0.2) is 4.79 Å². The molecule has 1 saturated carbocycles. The van der Waals surface area contributed by atoms with E-state index in [1.165, 1.54) is 25.7 Å². The monoisotopic (exact) mass is 435 g/mol.